The minimum atomic E-state index is -0.711. The Morgan fingerprint density at radius 1 is 1.11 bits per heavy atom. The van der Waals surface area contributed by atoms with Gasteiger partial charge < -0.3 is 21.1 Å². The third kappa shape index (κ3) is 6.81. The normalized spacial score (nSPS) is 11.4. The number of hydrogen-bond acceptors (Lipinski definition) is 5. The lowest BCUT2D eigenvalue weighted by Gasteiger charge is -2.17. The van der Waals surface area contributed by atoms with Crippen LogP contribution in [-0.2, 0) is 22.8 Å². The topological polar surface area (TPSA) is 115 Å². The first-order chi connectivity index (χ1) is 13.5. The second-order valence-electron chi connectivity index (χ2n) is 6.14. The molecule has 2 aromatic carbocycles. The number of nitrogens with two attached hydrogens (primary N) is 1. The highest BCUT2D eigenvalue weighted by Gasteiger charge is 2.18. The molecule has 0 fully saturated rings. The Bertz CT molecular complexity index is 780. The number of carbonyl (C=O) groups is 2. The number of rotatable bonds is 9. The monoisotopic (exact) mass is 386 g/mol. The average Bonchev–Trinajstić information content (AvgIpc) is 2.71. The molecule has 0 aliphatic carbocycles. The van der Waals surface area contributed by atoms with Crippen LogP contribution < -0.4 is 26.6 Å². The highest BCUT2D eigenvalue weighted by molar-refractivity contribution is 5.86. The molecule has 3 amide bonds. The van der Waals surface area contributed by atoms with Crippen LogP contribution >= 0.6 is 0 Å². The number of hydroxylamine groups is 1. The van der Waals surface area contributed by atoms with Crippen molar-refractivity contribution in [2.24, 2.45) is 0 Å². The van der Waals surface area contributed by atoms with Crippen LogP contribution in [0.2, 0.25) is 0 Å². The first-order valence-electron chi connectivity index (χ1n) is 8.95. The zero-order chi connectivity index (χ0) is 20.4. The van der Waals surface area contributed by atoms with Gasteiger partial charge in [0.05, 0.1) is 13.7 Å². The number of nitrogens with one attached hydrogen (secondary N) is 3. The SMILES string of the molecule is CCC(NC(=O)NCc1ccc(N)cc1)C(=O)NOCc1cccc(OC)c1. The van der Waals surface area contributed by atoms with Crippen molar-refractivity contribution in [2.45, 2.75) is 32.5 Å². The molecule has 28 heavy (non-hydrogen) atoms. The highest BCUT2D eigenvalue weighted by Crippen LogP contribution is 2.12. The van der Waals surface area contributed by atoms with Crippen molar-refractivity contribution in [3.63, 3.8) is 0 Å². The first kappa shape index (κ1) is 21.0. The van der Waals surface area contributed by atoms with Crippen molar-refractivity contribution in [3.8, 4) is 5.75 Å². The van der Waals surface area contributed by atoms with Gasteiger partial charge in [0, 0.05) is 12.2 Å². The average molecular weight is 386 g/mol. The van der Waals surface area contributed by atoms with E-state index in [9.17, 15) is 9.59 Å². The molecule has 0 heterocycles. The van der Waals surface area contributed by atoms with Gasteiger partial charge in [-0.2, -0.15) is 0 Å². The van der Waals surface area contributed by atoms with Crippen LogP contribution in [0.15, 0.2) is 48.5 Å². The Kier molecular flexibility index (Phi) is 8.11. The summed E-state index contributed by atoms with van der Waals surface area (Å²) in [6.45, 7) is 2.31. The molecule has 5 N–H and O–H groups in total. The molecule has 0 aromatic heterocycles. The van der Waals surface area contributed by atoms with Gasteiger partial charge in [-0.3, -0.25) is 9.63 Å². The predicted molar refractivity (Wildman–Crippen MR) is 106 cm³/mol. The molecule has 0 spiro atoms. The van der Waals surface area contributed by atoms with Crippen molar-refractivity contribution in [3.05, 3.63) is 59.7 Å². The number of urea groups is 1. The lowest BCUT2D eigenvalue weighted by atomic mass is 10.2. The quantitative estimate of drug-likeness (QED) is 0.389. The molecule has 2 aromatic rings. The Hall–Kier alpha value is -3.26. The number of hydrogen-bond donors (Lipinski definition) is 4. The lowest BCUT2D eigenvalue weighted by molar-refractivity contribution is -0.136. The van der Waals surface area contributed by atoms with Crippen molar-refractivity contribution in [2.75, 3.05) is 12.8 Å². The van der Waals surface area contributed by atoms with E-state index in [-0.39, 0.29) is 6.61 Å². The maximum Gasteiger partial charge on any atom is 0.315 e. The summed E-state index contributed by atoms with van der Waals surface area (Å²) in [5, 5.41) is 5.34. The third-order valence-electron chi connectivity index (χ3n) is 4.01. The second kappa shape index (κ2) is 10.8. The van der Waals surface area contributed by atoms with Crippen molar-refractivity contribution in [1.82, 2.24) is 16.1 Å². The van der Waals surface area contributed by atoms with Gasteiger partial charge in [0.25, 0.3) is 5.91 Å². The van der Waals surface area contributed by atoms with E-state index in [1.54, 1.807) is 26.2 Å². The first-order valence-corrected chi connectivity index (χ1v) is 8.95. The minimum absolute atomic E-state index is 0.183. The molecule has 0 radical (unpaired) electrons. The van der Waals surface area contributed by atoms with Gasteiger partial charge in [-0.1, -0.05) is 31.2 Å². The van der Waals surface area contributed by atoms with Gasteiger partial charge in [-0.25, -0.2) is 10.3 Å². The van der Waals surface area contributed by atoms with Crippen LogP contribution in [0.1, 0.15) is 24.5 Å². The predicted octanol–water partition coefficient (Wildman–Crippen LogP) is 2.10. The lowest BCUT2D eigenvalue weighted by Crippen LogP contribution is -2.49. The number of carbonyl (C=O) groups excluding carboxylic acids is 2. The summed E-state index contributed by atoms with van der Waals surface area (Å²) in [4.78, 5) is 29.5. The molecular formula is C20H26N4O4. The molecule has 1 unspecified atom stereocenters. The molecule has 8 heteroatoms. The number of anilines is 1. The molecule has 0 saturated heterocycles. The standard InChI is InChI=1S/C20H26N4O4/c1-3-18(23-20(26)22-12-14-7-9-16(21)10-8-14)19(25)24-28-13-15-5-4-6-17(11-15)27-2/h4-11,18H,3,12-13,21H2,1-2H3,(H,24,25)(H2,22,23,26). The Balaban J connectivity index is 1.75. The van der Waals surface area contributed by atoms with E-state index in [1.807, 2.05) is 36.4 Å². The van der Waals surface area contributed by atoms with Gasteiger partial charge in [-0.15, -0.1) is 0 Å². The number of amides is 3. The molecule has 0 aliphatic rings. The smallest absolute Gasteiger partial charge is 0.315 e. The van der Waals surface area contributed by atoms with Crippen LogP contribution in [0, 0.1) is 0 Å². The fourth-order valence-electron chi connectivity index (χ4n) is 2.40. The van der Waals surface area contributed by atoms with Crippen LogP contribution in [0.25, 0.3) is 0 Å². The zero-order valence-corrected chi connectivity index (χ0v) is 16.0. The Labute approximate surface area is 164 Å². The molecule has 2 rings (SSSR count). The molecular weight excluding hydrogens is 360 g/mol. The summed E-state index contributed by atoms with van der Waals surface area (Å²) in [7, 11) is 1.58. The minimum Gasteiger partial charge on any atom is -0.497 e. The van der Waals surface area contributed by atoms with E-state index in [4.69, 9.17) is 15.3 Å². The molecule has 0 saturated carbocycles. The van der Waals surface area contributed by atoms with E-state index in [0.717, 1.165) is 11.1 Å². The summed E-state index contributed by atoms with van der Waals surface area (Å²) >= 11 is 0. The summed E-state index contributed by atoms with van der Waals surface area (Å²) < 4.78 is 5.14. The van der Waals surface area contributed by atoms with Crippen LogP contribution in [0.5, 0.6) is 5.75 Å². The van der Waals surface area contributed by atoms with Gasteiger partial charge in [0.15, 0.2) is 0 Å². The van der Waals surface area contributed by atoms with Crippen LogP contribution in [-0.4, -0.2) is 25.1 Å². The van der Waals surface area contributed by atoms with E-state index < -0.39 is 18.0 Å². The summed E-state index contributed by atoms with van der Waals surface area (Å²) in [5.41, 5.74) is 10.4. The Morgan fingerprint density at radius 2 is 1.86 bits per heavy atom. The van der Waals surface area contributed by atoms with E-state index in [0.29, 0.717) is 24.4 Å². The van der Waals surface area contributed by atoms with E-state index in [2.05, 4.69) is 16.1 Å². The molecule has 1 atom stereocenters. The molecule has 8 nitrogen and oxygen atoms in total. The van der Waals surface area contributed by atoms with E-state index >= 15 is 0 Å². The number of methoxy groups -OCH3 is 1. The van der Waals surface area contributed by atoms with E-state index in [1.165, 1.54) is 0 Å². The fraction of sp³-hybridized carbons (Fsp3) is 0.300. The number of ether oxygens (including phenoxy) is 1. The van der Waals surface area contributed by atoms with Gasteiger partial charge in [-0.05, 0) is 41.8 Å². The van der Waals surface area contributed by atoms with Crippen molar-refractivity contribution >= 4 is 17.6 Å². The maximum absolute atomic E-state index is 12.2. The fourth-order valence-corrected chi connectivity index (χ4v) is 2.40. The van der Waals surface area contributed by atoms with Crippen LogP contribution in [0.3, 0.4) is 0 Å². The third-order valence-corrected chi connectivity index (χ3v) is 4.01. The molecule has 0 bridgehead atoms. The summed E-state index contributed by atoms with van der Waals surface area (Å²) in [6, 6.07) is 13.3. The summed E-state index contributed by atoms with van der Waals surface area (Å²) in [5.74, 6) is 0.284. The summed E-state index contributed by atoms with van der Waals surface area (Å²) in [6.07, 6.45) is 0.420. The van der Waals surface area contributed by atoms with Crippen molar-refractivity contribution < 1.29 is 19.2 Å². The largest absolute Gasteiger partial charge is 0.497 e. The van der Waals surface area contributed by atoms with Gasteiger partial charge in [0.1, 0.15) is 11.8 Å². The number of nitrogen functional groups attached to an aromatic ring is 1. The van der Waals surface area contributed by atoms with Crippen LogP contribution in [0.4, 0.5) is 10.5 Å². The van der Waals surface area contributed by atoms with Gasteiger partial charge in [0.2, 0.25) is 0 Å². The number of benzene rings is 2. The second-order valence-corrected chi connectivity index (χ2v) is 6.14. The zero-order valence-electron chi connectivity index (χ0n) is 16.0. The highest BCUT2D eigenvalue weighted by atomic mass is 16.6. The Morgan fingerprint density at radius 3 is 2.54 bits per heavy atom. The molecule has 0 aliphatic heterocycles. The van der Waals surface area contributed by atoms with Gasteiger partial charge >= 0.3 is 6.03 Å². The maximum atomic E-state index is 12.2. The van der Waals surface area contributed by atoms with Crippen molar-refractivity contribution in [1.29, 1.82) is 0 Å². The molecule has 150 valence electrons.